The van der Waals surface area contributed by atoms with Gasteiger partial charge in [-0.3, -0.25) is 0 Å². The molecule has 4 aromatic rings. The Morgan fingerprint density at radius 1 is 0.885 bits per heavy atom. The SMILES string of the molecule is NS(=O)(=O)c1ccc(-c2ccc3cc(-c4cccc(F)c4)nn3c2)cc1. The van der Waals surface area contributed by atoms with Crippen LogP contribution in [-0.2, 0) is 10.0 Å². The quantitative estimate of drug-likeness (QED) is 0.602. The summed E-state index contributed by atoms with van der Waals surface area (Å²) >= 11 is 0. The maximum absolute atomic E-state index is 13.4. The third-order valence-electron chi connectivity index (χ3n) is 4.10. The van der Waals surface area contributed by atoms with Gasteiger partial charge in [0.1, 0.15) is 5.82 Å². The standard InChI is InChI=1S/C19H14FN3O2S/c20-16-3-1-2-14(10-16)19-11-17-7-4-15(12-23(17)22-19)13-5-8-18(9-6-13)26(21,24)25/h1-12H,(H2,21,24,25). The Hall–Kier alpha value is -3.03. The highest BCUT2D eigenvalue weighted by Gasteiger charge is 2.09. The molecule has 130 valence electrons. The van der Waals surface area contributed by atoms with Crippen molar-refractivity contribution in [3.05, 3.63) is 78.7 Å². The number of pyridine rings is 1. The lowest BCUT2D eigenvalue weighted by atomic mass is 10.1. The first-order valence-corrected chi connectivity index (χ1v) is 9.33. The van der Waals surface area contributed by atoms with Crippen molar-refractivity contribution in [2.75, 3.05) is 0 Å². The number of hydrogen-bond acceptors (Lipinski definition) is 3. The molecule has 0 aliphatic rings. The van der Waals surface area contributed by atoms with E-state index >= 15 is 0 Å². The molecular formula is C19H14FN3O2S. The van der Waals surface area contributed by atoms with E-state index in [1.807, 2.05) is 24.4 Å². The smallest absolute Gasteiger partial charge is 0.238 e. The molecule has 26 heavy (non-hydrogen) atoms. The third kappa shape index (κ3) is 3.10. The van der Waals surface area contributed by atoms with Gasteiger partial charge in [0, 0.05) is 17.3 Å². The zero-order valence-electron chi connectivity index (χ0n) is 13.5. The second-order valence-electron chi connectivity index (χ2n) is 5.90. The van der Waals surface area contributed by atoms with Crippen molar-refractivity contribution in [3.8, 4) is 22.4 Å². The molecule has 0 unspecified atom stereocenters. The minimum Gasteiger partial charge on any atom is -0.240 e. The number of fused-ring (bicyclic) bond motifs is 1. The molecule has 4 rings (SSSR count). The minimum absolute atomic E-state index is 0.0646. The molecule has 0 amide bonds. The topological polar surface area (TPSA) is 77.5 Å². The van der Waals surface area contributed by atoms with E-state index in [4.69, 9.17) is 5.14 Å². The minimum atomic E-state index is -3.72. The molecule has 2 heterocycles. The van der Waals surface area contributed by atoms with Gasteiger partial charge >= 0.3 is 0 Å². The average Bonchev–Trinajstić information content (AvgIpc) is 3.04. The highest BCUT2D eigenvalue weighted by Crippen LogP contribution is 2.25. The summed E-state index contributed by atoms with van der Waals surface area (Å²) in [5.41, 5.74) is 3.95. The van der Waals surface area contributed by atoms with Crippen LogP contribution in [-0.4, -0.2) is 18.0 Å². The van der Waals surface area contributed by atoms with E-state index in [2.05, 4.69) is 5.10 Å². The Morgan fingerprint density at radius 3 is 2.31 bits per heavy atom. The average molecular weight is 367 g/mol. The molecule has 5 nitrogen and oxygen atoms in total. The molecule has 2 aromatic heterocycles. The van der Waals surface area contributed by atoms with Gasteiger partial charge in [0.15, 0.2) is 0 Å². The number of rotatable bonds is 3. The van der Waals surface area contributed by atoms with Crippen LogP contribution in [0.3, 0.4) is 0 Å². The molecule has 7 heteroatoms. The number of nitrogens with two attached hydrogens (primary N) is 1. The van der Waals surface area contributed by atoms with Gasteiger partial charge in [0.2, 0.25) is 10.0 Å². The molecule has 2 aromatic carbocycles. The Bertz CT molecular complexity index is 1220. The van der Waals surface area contributed by atoms with Crippen molar-refractivity contribution in [1.29, 1.82) is 0 Å². The number of aromatic nitrogens is 2. The number of nitrogens with zero attached hydrogens (tertiary/aromatic N) is 2. The third-order valence-corrected chi connectivity index (χ3v) is 5.03. The lowest BCUT2D eigenvalue weighted by Gasteiger charge is -2.04. The Labute approximate surface area is 149 Å². The second-order valence-corrected chi connectivity index (χ2v) is 7.46. The van der Waals surface area contributed by atoms with E-state index < -0.39 is 10.0 Å². The van der Waals surface area contributed by atoms with Gasteiger partial charge in [0.05, 0.1) is 16.1 Å². The summed E-state index contributed by atoms with van der Waals surface area (Å²) in [4.78, 5) is 0.0646. The van der Waals surface area contributed by atoms with Gasteiger partial charge in [0.25, 0.3) is 0 Å². The van der Waals surface area contributed by atoms with Gasteiger partial charge in [-0.15, -0.1) is 0 Å². The number of hydrogen-bond donors (Lipinski definition) is 1. The zero-order chi connectivity index (χ0) is 18.3. The fourth-order valence-electron chi connectivity index (χ4n) is 2.78. The fourth-order valence-corrected chi connectivity index (χ4v) is 3.30. The summed E-state index contributed by atoms with van der Waals surface area (Å²) in [6, 6.07) is 18.3. The summed E-state index contributed by atoms with van der Waals surface area (Å²) in [5, 5.41) is 9.62. The van der Waals surface area contributed by atoms with Crippen molar-refractivity contribution in [3.63, 3.8) is 0 Å². The summed E-state index contributed by atoms with van der Waals surface area (Å²) in [5.74, 6) is -0.310. The van der Waals surface area contributed by atoms with E-state index in [-0.39, 0.29) is 10.7 Å². The summed E-state index contributed by atoms with van der Waals surface area (Å²) in [7, 11) is -3.72. The van der Waals surface area contributed by atoms with Crippen LogP contribution in [0.25, 0.3) is 27.9 Å². The van der Waals surface area contributed by atoms with Gasteiger partial charge in [-0.1, -0.05) is 30.3 Å². The maximum atomic E-state index is 13.4. The normalized spacial score (nSPS) is 11.8. The summed E-state index contributed by atoms with van der Waals surface area (Å²) in [6.07, 6.45) is 1.84. The first-order valence-electron chi connectivity index (χ1n) is 7.79. The Balaban J connectivity index is 1.74. The lowest BCUT2D eigenvalue weighted by Crippen LogP contribution is -2.11. The lowest BCUT2D eigenvalue weighted by molar-refractivity contribution is 0.598. The first kappa shape index (κ1) is 16.4. The molecular weight excluding hydrogens is 353 g/mol. The molecule has 0 aliphatic heterocycles. The van der Waals surface area contributed by atoms with E-state index in [0.717, 1.165) is 16.6 Å². The molecule has 0 saturated carbocycles. The van der Waals surface area contributed by atoms with Crippen LogP contribution in [0.5, 0.6) is 0 Å². The molecule has 0 spiro atoms. The van der Waals surface area contributed by atoms with Crippen LogP contribution in [0.1, 0.15) is 0 Å². The van der Waals surface area contributed by atoms with Gasteiger partial charge in [-0.05, 0) is 42.0 Å². The fraction of sp³-hybridized carbons (Fsp3) is 0. The van der Waals surface area contributed by atoms with Crippen molar-refractivity contribution >= 4 is 15.5 Å². The van der Waals surface area contributed by atoms with Crippen LogP contribution in [0.2, 0.25) is 0 Å². The highest BCUT2D eigenvalue weighted by atomic mass is 32.2. The largest absolute Gasteiger partial charge is 0.240 e. The van der Waals surface area contributed by atoms with Gasteiger partial charge in [-0.2, -0.15) is 5.10 Å². The molecule has 0 aliphatic carbocycles. The van der Waals surface area contributed by atoms with Gasteiger partial charge < -0.3 is 0 Å². The molecule has 0 atom stereocenters. The van der Waals surface area contributed by atoms with Crippen LogP contribution in [0.4, 0.5) is 4.39 Å². The van der Waals surface area contributed by atoms with Crippen molar-refractivity contribution in [2.45, 2.75) is 4.90 Å². The summed E-state index contributed by atoms with van der Waals surface area (Å²) < 4.78 is 37.8. The van der Waals surface area contributed by atoms with Crippen LogP contribution >= 0.6 is 0 Å². The number of benzene rings is 2. The van der Waals surface area contributed by atoms with Crippen LogP contribution in [0, 0.1) is 5.82 Å². The van der Waals surface area contributed by atoms with Crippen LogP contribution < -0.4 is 5.14 Å². The second kappa shape index (κ2) is 6.05. The molecule has 2 N–H and O–H groups in total. The highest BCUT2D eigenvalue weighted by molar-refractivity contribution is 7.89. The van der Waals surface area contributed by atoms with Crippen molar-refractivity contribution < 1.29 is 12.8 Å². The Morgan fingerprint density at radius 2 is 1.62 bits per heavy atom. The first-order chi connectivity index (χ1) is 12.4. The van der Waals surface area contributed by atoms with E-state index in [1.54, 1.807) is 28.8 Å². The van der Waals surface area contributed by atoms with Crippen LogP contribution in [0.15, 0.2) is 77.8 Å². The predicted octanol–water partition coefficient (Wildman–Crippen LogP) is 3.45. The molecule has 0 fully saturated rings. The summed E-state index contributed by atoms with van der Waals surface area (Å²) in [6.45, 7) is 0. The van der Waals surface area contributed by atoms with Crippen molar-refractivity contribution in [2.24, 2.45) is 5.14 Å². The zero-order valence-corrected chi connectivity index (χ0v) is 14.3. The number of halogens is 1. The van der Waals surface area contributed by atoms with E-state index in [9.17, 15) is 12.8 Å². The van der Waals surface area contributed by atoms with E-state index in [1.165, 1.54) is 24.3 Å². The Kier molecular flexibility index (Phi) is 3.82. The maximum Gasteiger partial charge on any atom is 0.238 e. The molecule has 0 saturated heterocycles. The van der Waals surface area contributed by atoms with Gasteiger partial charge in [-0.25, -0.2) is 22.5 Å². The number of primary sulfonamides is 1. The molecule has 0 radical (unpaired) electrons. The molecule has 0 bridgehead atoms. The predicted molar refractivity (Wildman–Crippen MR) is 97.4 cm³/mol. The van der Waals surface area contributed by atoms with E-state index in [0.29, 0.717) is 11.3 Å². The number of sulfonamides is 1. The monoisotopic (exact) mass is 367 g/mol. The van der Waals surface area contributed by atoms with Crippen molar-refractivity contribution in [1.82, 2.24) is 9.61 Å².